The highest BCUT2D eigenvalue weighted by Gasteiger charge is 2.30. The van der Waals surface area contributed by atoms with Crippen molar-refractivity contribution in [1.82, 2.24) is 4.90 Å². The van der Waals surface area contributed by atoms with Crippen LogP contribution in [0.25, 0.3) is 0 Å². The monoisotopic (exact) mass is 261 g/mol. The zero-order valence-electron chi connectivity index (χ0n) is 12.6. The van der Waals surface area contributed by atoms with Crippen LogP contribution in [0.3, 0.4) is 0 Å². The first-order chi connectivity index (χ1) is 9.04. The molecule has 1 aromatic carbocycles. The molecule has 1 heterocycles. The number of benzene rings is 1. The summed E-state index contributed by atoms with van der Waals surface area (Å²) in [5.41, 5.74) is 8.79. The van der Waals surface area contributed by atoms with Crippen molar-refractivity contribution < 1.29 is 0 Å². The molecule has 3 heteroatoms. The maximum Gasteiger partial charge on any atom is 0.0540 e. The van der Waals surface area contributed by atoms with Crippen molar-refractivity contribution in [3.63, 3.8) is 0 Å². The molecule has 1 aliphatic heterocycles. The molecule has 0 bridgehead atoms. The summed E-state index contributed by atoms with van der Waals surface area (Å²) in [5.74, 6) is 0.546. The number of nitrogens with two attached hydrogens (primary N) is 1. The minimum absolute atomic E-state index is 0.418. The minimum atomic E-state index is 0.418. The number of para-hydroxylation sites is 1. The van der Waals surface area contributed by atoms with Gasteiger partial charge in [-0.15, -0.1) is 0 Å². The zero-order chi connectivity index (χ0) is 14.0. The van der Waals surface area contributed by atoms with Gasteiger partial charge >= 0.3 is 0 Å². The first kappa shape index (κ1) is 14.4. The number of nitrogens with zero attached hydrogens (tertiary/aromatic N) is 2. The Morgan fingerprint density at radius 2 is 1.95 bits per heavy atom. The average molecular weight is 261 g/mol. The summed E-state index contributed by atoms with van der Waals surface area (Å²) in [5, 5.41) is 0. The van der Waals surface area contributed by atoms with E-state index in [2.05, 4.69) is 61.9 Å². The van der Waals surface area contributed by atoms with Gasteiger partial charge in [0, 0.05) is 31.4 Å². The van der Waals surface area contributed by atoms with E-state index < -0.39 is 0 Å². The van der Waals surface area contributed by atoms with Crippen molar-refractivity contribution in [2.75, 3.05) is 31.6 Å². The first-order valence-corrected chi connectivity index (χ1v) is 7.30. The summed E-state index contributed by atoms with van der Waals surface area (Å²) in [6.45, 7) is 9.62. The van der Waals surface area contributed by atoms with E-state index in [4.69, 9.17) is 5.73 Å². The molecule has 0 spiro atoms. The second kappa shape index (κ2) is 5.93. The van der Waals surface area contributed by atoms with E-state index in [0.29, 0.717) is 24.5 Å². The number of likely N-dealkylation sites (N-methyl/N-ethyl adjacent to an activating group) is 1. The van der Waals surface area contributed by atoms with Crippen LogP contribution in [-0.4, -0.2) is 43.7 Å². The van der Waals surface area contributed by atoms with Crippen LogP contribution in [0.5, 0.6) is 0 Å². The highest BCUT2D eigenvalue weighted by Crippen LogP contribution is 2.30. The van der Waals surface area contributed by atoms with Gasteiger partial charge in [-0.05, 0) is 31.5 Å². The fourth-order valence-corrected chi connectivity index (χ4v) is 2.92. The molecule has 2 unspecified atom stereocenters. The SMILES string of the molecule is CC(C)c1ccccc1N1CC(C)N(C)CC1CN. The van der Waals surface area contributed by atoms with Crippen LogP contribution in [0.15, 0.2) is 24.3 Å². The van der Waals surface area contributed by atoms with Gasteiger partial charge in [0.25, 0.3) is 0 Å². The molecule has 0 aromatic heterocycles. The van der Waals surface area contributed by atoms with Gasteiger partial charge in [0.15, 0.2) is 0 Å². The quantitative estimate of drug-likeness (QED) is 0.906. The predicted octanol–water partition coefficient (Wildman–Crippen LogP) is 2.28. The summed E-state index contributed by atoms with van der Waals surface area (Å²) < 4.78 is 0. The van der Waals surface area contributed by atoms with E-state index in [1.807, 2.05) is 0 Å². The number of hydrogen-bond acceptors (Lipinski definition) is 3. The third-order valence-corrected chi connectivity index (χ3v) is 4.29. The van der Waals surface area contributed by atoms with E-state index in [1.165, 1.54) is 11.3 Å². The van der Waals surface area contributed by atoms with Crippen molar-refractivity contribution in [2.45, 2.75) is 38.8 Å². The van der Waals surface area contributed by atoms with Crippen molar-refractivity contribution in [2.24, 2.45) is 5.73 Å². The number of rotatable bonds is 3. The summed E-state index contributed by atoms with van der Waals surface area (Å²) in [6.07, 6.45) is 0. The van der Waals surface area contributed by atoms with Crippen molar-refractivity contribution in [1.29, 1.82) is 0 Å². The van der Waals surface area contributed by atoms with E-state index in [9.17, 15) is 0 Å². The smallest absolute Gasteiger partial charge is 0.0540 e. The second-order valence-corrected chi connectivity index (χ2v) is 6.04. The molecule has 3 nitrogen and oxygen atoms in total. The topological polar surface area (TPSA) is 32.5 Å². The van der Waals surface area contributed by atoms with Crippen LogP contribution in [-0.2, 0) is 0 Å². The van der Waals surface area contributed by atoms with Crippen LogP contribution >= 0.6 is 0 Å². The highest BCUT2D eigenvalue weighted by atomic mass is 15.3. The Kier molecular flexibility index (Phi) is 4.48. The second-order valence-electron chi connectivity index (χ2n) is 6.04. The standard InChI is InChI=1S/C16H27N3/c1-12(2)15-7-5-6-8-16(15)19-10-13(3)18(4)11-14(19)9-17/h5-8,12-14H,9-11,17H2,1-4H3. The van der Waals surface area contributed by atoms with Crippen LogP contribution in [0.1, 0.15) is 32.3 Å². The maximum atomic E-state index is 6.00. The number of anilines is 1. The number of hydrogen-bond donors (Lipinski definition) is 1. The van der Waals surface area contributed by atoms with Crippen LogP contribution in [0.4, 0.5) is 5.69 Å². The Labute approximate surface area is 117 Å². The van der Waals surface area contributed by atoms with Gasteiger partial charge in [-0.3, -0.25) is 4.90 Å². The zero-order valence-corrected chi connectivity index (χ0v) is 12.6. The summed E-state index contributed by atoms with van der Waals surface area (Å²) >= 11 is 0. The van der Waals surface area contributed by atoms with Gasteiger partial charge < -0.3 is 10.6 Å². The van der Waals surface area contributed by atoms with Gasteiger partial charge in [0.05, 0.1) is 6.04 Å². The Bertz CT molecular complexity index is 416. The first-order valence-electron chi connectivity index (χ1n) is 7.30. The fraction of sp³-hybridized carbons (Fsp3) is 0.625. The Balaban J connectivity index is 2.33. The maximum absolute atomic E-state index is 6.00. The third kappa shape index (κ3) is 2.93. The molecule has 2 rings (SSSR count). The van der Waals surface area contributed by atoms with Crippen LogP contribution in [0, 0.1) is 0 Å². The lowest BCUT2D eigenvalue weighted by Crippen LogP contribution is -2.58. The third-order valence-electron chi connectivity index (χ3n) is 4.29. The molecular formula is C16H27N3. The molecular weight excluding hydrogens is 234 g/mol. The summed E-state index contributed by atoms with van der Waals surface area (Å²) in [6, 6.07) is 9.75. The predicted molar refractivity (Wildman–Crippen MR) is 82.8 cm³/mol. The van der Waals surface area contributed by atoms with Crippen molar-refractivity contribution in [3.8, 4) is 0 Å². The lowest BCUT2D eigenvalue weighted by molar-refractivity contribution is 0.201. The van der Waals surface area contributed by atoms with Crippen LogP contribution < -0.4 is 10.6 Å². The number of piperazine rings is 1. The largest absolute Gasteiger partial charge is 0.364 e. The molecule has 2 N–H and O–H groups in total. The molecule has 0 saturated carbocycles. The normalized spacial score (nSPS) is 25.1. The Morgan fingerprint density at radius 3 is 2.58 bits per heavy atom. The molecule has 19 heavy (non-hydrogen) atoms. The van der Waals surface area contributed by atoms with Crippen molar-refractivity contribution >= 4 is 5.69 Å². The molecule has 1 aliphatic rings. The molecule has 1 saturated heterocycles. The Hall–Kier alpha value is -1.06. The summed E-state index contributed by atoms with van der Waals surface area (Å²) in [7, 11) is 2.19. The van der Waals surface area contributed by atoms with Gasteiger partial charge in [0.1, 0.15) is 0 Å². The molecule has 0 amide bonds. The highest BCUT2D eigenvalue weighted by molar-refractivity contribution is 5.56. The van der Waals surface area contributed by atoms with Gasteiger partial charge in [0.2, 0.25) is 0 Å². The van der Waals surface area contributed by atoms with Gasteiger partial charge in [-0.2, -0.15) is 0 Å². The lowest BCUT2D eigenvalue weighted by Gasteiger charge is -2.45. The minimum Gasteiger partial charge on any atom is -0.364 e. The average Bonchev–Trinajstić information content (AvgIpc) is 2.41. The molecule has 1 aromatic rings. The Morgan fingerprint density at radius 1 is 1.26 bits per heavy atom. The van der Waals surface area contributed by atoms with Gasteiger partial charge in [-0.25, -0.2) is 0 Å². The summed E-state index contributed by atoms with van der Waals surface area (Å²) in [4.78, 5) is 4.92. The van der Waals surface area contributed by atoms with Gasteiger partial charge in [-0.1, -0.05) is 32.0 Å². The molecule has 1 fully saturated rings. The van der Waals surface area contributed by atoms with E-state index in [-0.39, 0.29) is 0 Å². The molecule has 106 valence electrons. The molecule has 2 atom stereocenters. The van der Waals surface area contributed by atoms with Crippen LogP contribution in [0.2, 0.25) is 0 Å². The van der Waals surface area contributed by atoms with E-state index in [1.54, 1.807) is 0 Å². The van der Waals surface area contributed by atoms with E-state index >= 15 is 0 Å². The molecule has 0 radical (unpaired) electrons. The molecule has 0 aliphatic carbocycles. The fourth-order valence-electron chi connectivity index (χ4n) is 2.92. The van der Waals surface area contributed by atoms with Crippen molar-refractivity contribution in [3.05, 3.63) is 29.8 Å². The lowest BCUT2D eigenvalue weighted by atomic mass is 9.98. The van der Waals surface area contributed by atoms with E-state index in [0.717, 1.165) is 13.1 Å².